The molecule has 0 radical (unpaired) electrons. The number of rotatable bonds is 5. The van der Waals surface area contributed by atoms with Crippen LogP contribution in [-0.2, 0) is 11.2 Å². The molecule has 0 aliphatic carbocycles. The van der Waals surface area contributed by atoms with E-state index in [2.05, 4.69) is 0 Å². The van der Waals surface area contributed by atoms with Gasteiger partial charge >= 0.3 is 0 Å². The molecule has 1 heterocycles. The molecule has 1 unspecified atom stereocenters. The van der Waals surface area contributed by atoms with Crippen molar-refractivity contribution in [2.45, 2.75) is 26.4 Å². The zero-order chi connectivity index (χ0) is 13.8. The molecule has 0 fully saturated rings. The van der Waals surface area contributed by atoms with Gasteiger partial charge < -0.3 is 14.3 Å². The molecule has 2 aromatic rings. The van der Waals surface area contributed by atoms with Crippen molar-refractivity contribution in [2.24, 2.45) is 0 Å². The van der Waals surface area contributed by atoms with Crippen LogP contribution in [0.4, 0.5) is 0 Å². The minimum absolute atomic E-state index is 0.631. The van der Waals surface area contributed by atoms with Gasteiger partial charge in [0.05, 0.1) is 6.61 Å². The van der Waals surface area contributed by atoms with E-state index in [1.165, 1.54) is 5.56 Å². The first-order chi connectivity index (χ1) is 9.11. The monoisotopic (exact) mass is 260 g/mol. The van der Waals surface area contributed by atoms with Gasteiger partial charge in [-0.3, -0.25) is 0 Å². The van der Waals surface area contributed by atoms with Crippen LogP contribution in [0.2, 0.25) is 0 Å². The minimum atomic E-state index is -0.631. The lowest BCUT2D eigenvalue weighted by Crippen LogP contribution is -2.01. The lowest BCUT2D eigenvalue weighted by Gasteiger charge is -2.11. The average Bonchev–Trinajstić information content (AvgIpc) is 2.75. The standard InChI is InChI=1S/C16H20O3/c1-11-10-15(12(2)19-11)16(17)14-6-4-13(5-7-14)8-9-18-3/h4-7,10,16-17H,8-9H2,1-3H3. The predicted molar refractivity (Wildman–Crippen MR) is 74.3 cm³/mol. The van der Waals surface area contributed by atoms with Crippen LogP contribution in [0.25, 0.3) is 0 Å². The summed E-state index contributed by atoms with van der Waals surface area (Å²) in [5.74, 6) is 1.59. The molecule has 1 aromatic heterocycles. The Bertz CT molecular complexity index is 525. The van der Waals surface area contributed by atoms with Gasteiger partial charge in [0.25, 0.3) is 0 Å². The van der Waals surface area contributed by atoms with E-state index in [1.54, 1.807) is 7.11 Å². The number of hydrogen-bond donors (Lipinski definition) is 1. The van der Waals surface area contributed by atoms with E-state index in [-0.39, 0.29) is 0 Å². The van der Waals surface area contributed by atoms with Crippen LogP contribution in [0.15, 0.2) is 34.7 Å². The molecule has 0 aliphatic heterocycles. The summed E-state index contributed by atoms with van der Waals surface area (Å²) in [6.07, 6.45) is 0.255. The normalized spacial score (nSPS) is 12.6. The molecular formula is C16H20O3. The van der Waals surface area contributed by atoms with Gasteiger partial charge in [0.1, 0.15) is 17.6 Å². The first-order valence-electron chi connectivity index (χ1n) is 6.44. The van der Waals surface area contributed by atoms with Crippen LogP contribution >= 0.6 is 0 Å². The molecule has 19 heavy (non-hydrogen) atoms. The van der Waals surface area contributed by atoms with Crippen molar-refractivity contribution in [3.63, 3.8) is 0 Å². The molecule has 3 heteroatoms. The maximum Gasteiger partial charge on any atom is 0.107 e. The zero-order valence-electron chi connectivity index (χ0n) is 11.6. The van der Waals surface area contributed by atoms with Gasteiger partial charge in [0, 0.05) is 12.7 Å². The van der Waals surface area contributed by atoms with Gasteiger partial charge in [0.2, 0.25) is 0 Å². The molecule has 0 amide bonds. The van der Waals surface area contributed by atoms with E-state index in [1.807, 2.05) is 44.2 Å². The number of aliphatic hydroxyl groups excluding tert-OH is 1. The Kier molecular flexibility index (Phi) is 4.40. The van der Waals surface area contributed by atoms with Crippen molar-refractivity contribution in [3.05, 3.63) is 58.5 Å². The lowest BCUT2D eigenvalue weighted by molar-refractivity contribution is 0.202. The summed E-state index contributed by atoms with van der Waals surface area (Å²) in [7, 11) is 1.70. The Hall–Kier alpha value is -1.58. The fraction of sp³-hybridized carbons (Fsp3) is 0.375. The first-order valence-corrected chi connectivity index (χ1v) is 6.44. The first kappa shape index (κ1) is 13.8. The van der Waals surface area contributed by atoms with Gasteiger partial charge in [-0.1, -0.05) is 24.3 Å². The van der Waals surface area contributed by atoms with Crippen LogP contribution in [0.3, 0.4) is 0 Å². The van der Waals surface area contributed by atoms with Crippen molar-refractivity contribution < 1.29 is 14.3 Å². The Morgan fingerprint density at radius 3 is 2.42 bits per heavy atom. The second kappa shape index (κ2) is 6.04. The van der Waals surface area contributed by atoms with E-state index in [0.29, 0.717) is 6.61 Å². The van der Waals surface area contributed by atoms with Gasteiger partial charge in [-0.2, -0.15) is 0 Å². The number of aryl methyl sites for hydroxylation is 2. The maximum atomic E-state index is 10.4. The van der Waals surface area contributed by atoms with Crippen molar-refractivity contribution in [1.82, 2.24) is 0 Å². The van der Waals surface area contributed by atoms with Crippen LogP contribution < -0.4 is 0 Å². The topological polar surface area (TPSA) is 42.6 Å². The van der Waals surface area contributed by atoms with Crippen LogP contribution in [0, 0.1) is 13.8 Å². The van der Waals surface area contributed by atoms with Crippen LogP contribution in [0.5, 0.6) is 0 Å². The third kappa shape index (κ3) is 3.25. The number of benzene rings is 1. The highest BCUT2D eigenvalue weighted by atomic mass is 16.5. The number of aliphatic hydroxyl groups is 1. The van der Waals surface area contributed by atoms with Crippen LogP contribution in [-0.4, -0.2) is 18.8 Å². The minimum Gasteiger partial charge on any atom is -0.466 e. The van der Waals surface area contributed by atoms with Gasteiger partial charge in [-0.05, 0) is 37.5 Å². The summed E-state index contributed by atoms with van der Waals surface area (Å²) in [6, 6.07) is 9.85. The molecule has 3 nitrogen and oxygen atoms in total. The molecule has 2 rings (SSSR count). The molecule has 0 aliphatic rings. The largest absolute Gasteiger partial charge is 0.466 e. The van der Waals surface area contributed by atoms with Gasteiger partial charge in [-0.25, -0.2) is 0 Å². The second-order valence-corrected chi connectivity index (χ2v) is 4.76. The summed E-state index contributed by atoms with van der Waals surface area (Å²) in [5, 5.41) is 10.4. The van der Waals surface area contributed by atoms with Crippen molar-refractivity contribution >= 4 is 0 Å². The third-order valence-corrected chi connectivity index (χ3v) is 3.26. The predicted octanol–water partition coefficient (Wildman–Crippen LogP) is 3.17. The quantitative estimate of drug-likeness (QED) is 0.898. The highest BCUT2D eigenvalue weighted by molar-refractivity contribution is 5.34. The zero-order valence-corrected chi connectivity index (χ0v) is 11.6. The number of furan rings is 1. The van der Waals surface area contributed by atoms with E-state index < -0.39 is 6.10 Å². The highest BCUT2D eigenvalue weighted by Crippen LogP contribution is 2.27. The van der Waals surface area contributed by atoms with Crippen LogP contribution in [0.1, 0.15) is 34.3 Å². The molecule has 1 N–H and O–H groups in total. The smallest absolute Gasteiger partial charge is 0.107 e. The number of hydrogen-bond acceptors (Lipinski definition) is 3. The number of methoxy groups -OCH3 is 1. The Labute approximate surface area is 113 Å². The molecule has 0 saturated carbocycles. The molecule has 1 aromatic carbocycles. The molecule has 102 valence electrons. The fourth-order valence-electron chi connectivity index (χ4n) is 2.19. The van der Waals surface area contributed by atoms with Gasteiger partial charge in [-0.15, -0.1) is 0 Å². The summed E-state index contributed by atoms with van der Waals surface area (Å²) >= 11 is 0. The SMILES string of the molecule is COCCc1ccc(C(O)c2cc(C)oc2C)cc1. The average molecular weight is 260 g/mol. The molecule has 0 saturated heterocycles. The van der Waals surface area contributed by atoms with Crippen molar-refractivity contribution in [2.75, 3.05) is 13.7 Å². The van der Waals surface area contributed by atoms with E-state index >= 15 is 0 Å². The highest BCUT2D eigenvalue weighted by Gasteiger charge is 2.16. The van der Waals surface area contributed by atoms with Crippen molar-refractivity contribution in [1.29, 1.82) is 0 Å². The molecular weight excluding hydrogens is 240 g/mol. The van der Waals surface area contributed by atoms with E-state index in [4.69, 9.17) is 9.15 Å². The van der Waals surface area contributed by atoms with E-state index in [0.717, 1.165) is 29.1 Å². The van der Waals surface area contributed by atoms with E-state index in [9.17, 15) is 5.11 Å². The lowest BCUT2D eigenvalue weighted by atomic mass is 10.00. The molecule has 0 spiro atoms. The third-order valence-electron chi connectivity index (χ3n) is 3.26. The maximum absolute atomic E-state index is 10.4. The van der Waals surface area contributed by atoms with Gasteiger partial charge in [0.15, 0.2) is 0 Å². The number of ether oxygens (including phenoxy) is 1. The summed E-state index contributed by atoms with van der Waals surface area (Å²) in [6.45, 7) is 4.47. The fourth-order valence-corrected chi connectivity index (χ4v) is 2.19. The molecule has 0 bridgehead atoms. The Morgan fingerprint density at radius 2 is 1.89 bits per heavy atom. The summed E-state index contributed by atoms with van der Waals surface area (Å²) < 4.78 is 10.5. The molecule has 1 atom stereocenters. The Morgan fingerprint density at radius 1 is 1.21 bits per heavy atom. The van der Waals surface area contributed by atoms with Crippen molar-refractivity contribution in [3.8, 4) is 0 Å². The summed E-state index contributed by atoms with van der Waals surface area (Å²) in [4.78, 5) is 0. The summed E-state index contributed by atoms with van der Waals surface area (Å²) in [5.41, 5.74) is 2.92. The Balaban J connectivity index is 2.15. The second-order valence-electron chi connectivity index (χ2n) is 4.76.